The monoisotopic (exact) mass is 443 g/mol. The summed E-state index contributed by atoms with van der Waals surface area (Å²) in [7, 11) is 0. The fourth-order valence-electron chi connectivity index (χ4n) is 3.80. The van der Waals surface area contributed by atoms with Gasteiger partial charge in [0, 0.05) is 38.3 Å². The quantitative estimate of drug-likeness (QED) is 0.349. The average Bonchev–Trinajstić information content (AvgIpc) is 2.73. The van der Waals surface area contributed by atoms with Gasteiger partial charge < -0.3 is 15.8 Å². The lowest BCUT2D eigenvalue weighted by Gasteiger charge is -2.24. The van der Waals surface area contributed by atoms with Crippen LogP contribution >= 0.6 is 0 Å². The number of nitrogens with one attached hydrogen (secondary N) is 2. The van der Waals surface area contributed by atoms with E-state index in [-0.39, 0.29) is 30.2 Å². The van der Waals surface area contributed by atoms with E-state index in [1.165, 1.54) is 4.57 Å². The summed E-state index contributed by atoms with van der Waals surface area (Å²) in [5.41, 5.74) is 5.98. The summed E-state index contributed by atoms with van der Waals surface area (Å²) in [5, 5.41) is 5.98. The topological polar surface area (TPSA) is 145 Å². The maximum atomic E-state index is 13.3. The number of fused-ring (bicyclic) bond motifs is 1. The minimum atomic E-state index is -0.756. The fraction of sp³-hybridized carbons (Fsp3) is 0.500. The van der Waals surface area contributed by atoms with Crippen molar-refractivity contribution < 1.29 is 19.1 Å². The first-order valence-corrected chi connectivity index (χ1v) is 10.8. The van der Waals surface area contributed by atoms with E-state index in [2.05, 4.69) is 15.6 Å². The van der Waals surface area contributed by atoms with Crippen molar-refractivity contribution >= 4 is 34.3 Å². The second-order valence-corrected chi connectivity index (χ2v) is 7.82. The fourth-order valence-corrected chi connectivity index (χ4v) is 3.80. The second kappa shape index (κ2) is 10.9. The number of aromatic nitrogens is 2. The Morgan fingerprint density at radius 1 is 1.25 bits per heavy atom. The molecule has 3 amide bonds. The molecule has 32 heavy (non-hydrogen) atoms. The van der Waals surface area contributed by atoms with Crippen LogP contribution in [0.15, 0.2) is 23.0 Å². The number of piperidine rings is 1. The zero-order chi connectivity index (χ0) is 23.1. The standard InChI is InChI=1S/C22H29N5O5/c1-14-25-16-7-4-6-15(24-11-5-13-32-12-3-2-8-18(23)28)20(16)22(31)27(14)17-9-10-19(29)26-21(17)30/h4,6-7,17,24H,2-3,5,8-13H2,1H3,(H2,23,28)(H,26,29,30). The molecule has 1 aromatic carbocycles. The first-order chi connectivity index (χ1) is 15.4. The zero-order valence-corrected chi connectivity index (χ0v) is 18.2. The van der Waals surface area contributed by atoms with Gasteiger partial charge in [-0.2, -0.15) is 0 Å². The molecule has 1 fully saturated rings. The molecule has 1 aliphatic heterocycles. The summed E-state index contributed by atoms with van der Waals surface area (Å²) in [6.07, 6.45) is 3.05. The van der Waals surface area contributed by atoms with Crippen LogP contribution in [-0.2, 0) is 19.1 Å². The van der Waals surface area contributed by atoms with Gasteiger partial charge in [-0.05, 0) is 44.7 Å². The van der Waals surface area contributed by atoms with Gasteiger partial charge in [-0.15, -0.1) is 0 Å². The Kier molecular flexibility index (Phi) is 7.93. The molecule has 0 aliphatic carbocycles. The SMILES string of the molecule is Cc1nc2cccc(NCCCOCCCCC(N)=O)c2c(=O)n1C1CCC(=O)NC1=O. The number of unbranched alkanes of at least 4 members (excludes halogenated alkanes) is 1. The first kappa shape index (κ1) is 23.4. The Labute approximate surface area is 185 Å². The maximum absolute atomic E-state index is 13.3. The minimum absolute atomic E-state index is 0.183. The van der Waals surface area contributed by atoms with Gasteiger partial charge in [0.25, 0.3) is 5.56 Å². The molecule has 2 heterocycles. The Balaban J connectivity index is 1.65. The Bertz CT molecular complexity index is 1060. The van der Waals surface area contributed by atoms with Crippen molar-refractivity contribution in [1.82, 2.24) is 14.9 Å². The van der Waals surface area contributed by atoms with Crippen molar-refractivity contribution in [3.8, 4) is 0 Å². The molecule has 0 spiro atoms. The van der Waals surface area contributed by atoms with Gasteiger partial charge in [0.15, 0.2) is 0 Å². The van der Waals surface area contributed by atoms with Crippen molar-refractivity contribution in [3.63, 3.8) is 0 Å². The third kappa shape index (κ3) is 5.70. The maximum Gasteiger partial charge on any atom is 0.264 e. The number of hydrogen-bond acceptors (Lipinski definition) is 7. The van der Waals surface area contributed by atoms with Gasteiger partial charge in [-0.25, -0.2) is 4.98 Å². The number of primary amides is 1. The highest BCUT2D eigenvalue weighted by Crippen LogP contribution is 2.23. The van der Waals surface area contributed by atoms with Crippen LogP contribution in [0.1, 0.15) is 50.4 Å². The number of carbonyl (C=O) groups is 3. The second-order valence-electron chi connectivity index (χ2n) is 7.82. The van der Waals surface area contributed by atoms with Gasteiger partial charge in [-0.3, -0.25) is 29.1 Å². The van der Waals surface area contributed by atoms with Crippen LogP contribution < -0.4 is 21.9 Å². The van der Waals surface area contributed by atoms with Crippen LogP contribution in [0.5, 0.6) is 0 Å². The summed E-state index contributed by atoms with van der Waals surface area (Å²) < 4.78 is 6.94. The van der Waals surface area contributed by atoms with Crippen LogP contribution in [0.25, 0.3) is 10.9 Å². The first-order valence-electron chi connectivity index (χ1n) is 10.8. The number of rotatable bonds is 11. The molecular formula is C22H29N5O5. The molecule has 1 atom stereocenters. The van der Waals surface area contributed by atoms with Crippen LogP contribution in [0.3, 0.4) is 0 Å². The predicted molar refractivity (Wildman–Crippen MR) is 119 cm³/mol. The van der Waals surface area contributed by atoms with Crippen LogP contribution in [0.4, 0.5) is 5.69 Å². The summed E-state index contributed by atoms with van der Waals surface area (Å²) in [4.78, 5) is 52.4. The smallest absolute Gasteiger partial charge is 0.264 e. The molecule has 1 saturated heterocycles. The lowest BCUT2D eigenvalue weighted by molar-refractivity contribution is -0.135. The molecule has 3 rings (SSSR count). The Morgan fingerprint density at radius 2 is 2.03 bits per heavy atom. The van der Waals surface area contributed by atoms with E-state index >= 15 is 0 Å². The van der Waals surface area contributed by atoms with Gasteiger partial charge in [-0.1, -0.05) is 6.07 Å². The molecule has 2 aromatic rings. The van der Waals surface area contributed by atoms with Gasteiger partial charge in [0.1, 0.15) is 11.9 Å². The highest BCUT2D eigenvalue weighted by Gasteiger charge is 2.30. The molecule has 1 aromatic heterocycles. The molecule has 1 unspecified atom stereocenters. The van der Waals surface area contributed by atoms with Crippen LogP contribution in [-0.4, -0.2) is 47.0 Å². The van der Waals surface area contributed by atoms with Crippen molar-refractivity contribution in [1.29, 1.82) is 0 Å². The summed E-state index contributed by atoms with van der Waals surface area (Å²) in [6, 6.07) is 4.63. The van der Waals surface area contributed by atoms with E-state index in [4.69, 9.17) is 10.5 Å². The van der Waals surface area contributed by atoms with Gasteiger partial charge in [0.05, 0.1) is 10.9 Å². The van der Waals surface area contributed by atoms with Gasteiger partial charge >= 0.3 is 0 Å². The highest BCUT2D eigenvalue weighted by atomic mass is 16.5. The van der Waals surface area contributed by atoms with E-state index in [9.17, 15) is 19.2 Å². The van der Waals surface area contributed by atoms with E-state index in [1.807, 2.05) is 6.07 Å². The molecule has 10 nitrogen and oxygen atoms in total. The number of hydrogen-bond donors (Lipinski definition) is 3. The van der Waals surface area contributed by atoms with E-state index in [0.717, 1.165) is 19.3 Å². The molecule has 172 valence electrons. The van der Waals surface area contributed by atoms with Crippen molar-refractivity contribution in [2.75, 3.05) is 25.1 Å². The summed E-state index contributed by atoms with van der Waals surface area (Å²) >= 11 is 0. The number of amides is 3. The molecule has 0 saturated carbocycles. The highest BCUT2D eigenvalue weighted by molar-refractivity contribution is 5.99. The van der Waals surface area contributed by atoms with E-state index < -0.39 is 11.9 Å². The number of aryl methyl sites for hydroxylation is 1. The third-order valence-electron chi connectivity index (χ3n) is 5.37. The summed E-state index contributed by atoms with van der Waals surface area (Å²) in [5.74, 6) is -0.682. The van der Waals surface area contributed by atoms with Crippen LogP contribution in [0, 0.1) is 6.92 Å². The zero-order valence-electron chi connectivity index (χ0n) is 18.2. The Hall–Kier alpha value is -3.27. The number of nitrogens with two attached hydrogens (primary N) is 1. The third-order valence-corrected chi connectivity index (χ3v) is 5.37. The van der Waals surface area contributed by atoms with E-state index in [0.29, 0.717) is 48.6 Å². The number of carbonyl (C=O) groups excluding carboxylic acids is 3. The van der Waals surface area contributed by atoms with Crippen molar-refractivity contribution in [2.24, 2.45) is 5.73 Å². The molecule has 0 radical (unpaired) electrons. The van der Waals surface area contributed by atoms with E-state index in [1.54, 1.807) is 19.1 Å². The summed E-state index contributed by atoms with van der Waals surface area (Å²) in [6.45, 7) is 3.39. The number of nitrogens with zero attached hydrogens (tertiary/aromatic N) is 2. The predicted octanol–water partition coefficient (Wildman–Crippen LogP) is 1.16. The molecule has 0 bridgehead atoms. The van der Waals surface area contributed by atoms with Gasteiger partial charge in [0.2, 0.25) is 17.7 Å². The number of anilines is 1. The molecule has 1 aliphatic rings. The van der Waals surface area contributed by atoms with Crippen LogP contribution in [0.2, 0.25) is 0 Å². The number of benzene rings is 1. The average molecular weight is 444 g/mol. The lowest BCUT2D eigenvalue weighted by Crippen LogP contribution is -2.45. The molecule has 4 N–H and O–H groups in total. The number of imide groups is 1. The van der Waals surface area contributed by atoms with Crippen molar-refractivity contribution in [3.05, 3.63) is 34.4 Å². The normalized spacial score (nSPS) is 16.2. The van der Waals surface area contributed by atoms with Crippen molar-refractivity contribution in [2.45, 2.75) is 51.5 Å². The molecular weight excluding hydrogens is 414 g/mol. The lowest BCUT2D eigenvalue weighted by atomic mass is 10.1. The number of ether oxygens (including phenoxy) is 1. The minimum Gasteiger partial charge on any atom is -0.384 e. The molecule has 10 heteroatoms. The Morgan fingerprint density at radius 3 is 2.78 bits per heavy atom. The largest absolute Gasteiger partial charge is 0.384 e.